The van der Waals surface area contributed by atoms with Crippen LogP contribution in [0.25, 0.3) is 6.05 Å². The van der Waals surface area contributed by atoms with Gasteiger partial charge in [-0.15, -0.1) is 0 Å². The van der Waals surface area contributed by atoms with Gasteiger partial charge in [0, 0.05) is 12.2 Å². The van der Waals surface area contributed by atoms with Crippen LogP contribution in [0, 0.1) is 0 Å². The molecule has 0 bridgehead atoms. The van der Waals surface area contributed by atoms with E-state index in [4.69, 9.17) is 1.37 Å². The van der Waals surface area contributed by atoms with Crippen molar-refractivity contribution in [1.82, 2.24) is 0 Å². The average Bonchev–Trinajstić information content (AvgIpc) is 2.06. The van der Waals surface area contributed by atoms with Crippen LogP contribution in [-0.4, -0.2) is 6.54 Å². The maximum atomic E-state index is 7.57. The molecular weight excluding hydrogens is 122 g/mol. The van der Waals surface area contributed by atoms with Crippen molar-refractivity contribution >= 4 is 11.7 Å². The third-order valence-corrected chi connectivity index (χ3v) is 1.58. The molecular formula is C9H9N. The van der Waals surface area contributed by atoms with Crippen LogP contribution in [0.15, 0.2) is 30.3 Å². The van der Waals surface area contributed by atoms with Crippen LogP contribution < -0.4 is 5.32 Å². The Hall–Kier alpha value is -1.24. The minimum atomic E-state index is 0.624. The first-order chi connectivity index (χ1) is 5.38. The summed E-state index contributed by atoms with van der Waals surface area (Å²) in [6.07, 6.45) is 1.88. The lowest BCUT2D eigenvalue weighted by atomic mass is 10.1. The molecule has 0 saturated heterocycles. The fourth-order valence-corrected chi connectivity index (χ4v) is 1.09. The summed E-state index contributed by atoms with van der Waals surface area (Å²) in [7, 11) is 0. The fourth-order valence-electron chi connectivity index (χ4n) is 1.09. The van der Waals surface area contributed by atoms with Gasteiger partial charge in [-0.2, -0.15) is 0 Å². The minimum absolute atomic E-state index is 0.624. The quantitative estimate of drug-likeness (QED) is 0.570. The third kappa shape index (κ3) is 0.798. The molecule has 0 radical (unpaired) electrons. The summed E-state index contributed by atoms with van der Waals surface area (Å²) in [5.74, 6) is 0. The molecule has 0 amide bonds. The van der Waals surface area contributed by atoms with E-state index in [1.165, 1.54) is 0 Å². The number of nitrogens with one attached hydrogen (secondary N) is 1. The van der Waals surface area contributed by atoms with Gasteiger partial charge >= 0.3 is 0 Å². The SMILES string of the molecule is [2H]C1=CCNc2ccccc21. The van der Waals surface area contributed by atoms with Crippen molar-refractivity contribution < 1.29 is 1.37 Å². The highest BCUT2D eigenvalue weighted by Gasteiger charge is 1.98. The van der Waals surface area contributed by atoms with Crippen LogP contribution in [0.2, 0.25) is 0 Å². The molecule has 1 N–H and O–H groups in total. The largest absolute Gasteiger partial charge is 0.381 e. The molecule has 1 aliphatic rings. The number of anilines is 1. The zero-order chi connectivity index (χ0) is 7.68. The summed E-state index contributed by atoms with van der Waals surface area (Å²) in [6, 6.07) is 8.51. The predicted molar refractivity (Wildman–Crippen MR) is 44.0 cm³/mol. The van der Waals surface area contributed by atoms with Gasteiger partial charge in [0.25, 0.3) is 0 Å². The Morgan fingerprint density at radius 2 is 2.30 bits per heavy atom. The van der Waals surface area contributed by atoms with Crippen LogP contribution in [0.3, 0.4) is 0 Å². The summed E-state index contributed by atoms with van der Waals surface area (Å²) in [4.78, 5) is 0. The molecule has 0 aliphatic carbocycles. The van der Waals surface area contributed by atoms with E-state index in [-0.39, 0.29) is 0 Å². The normalized spacial score (nSPS) is 16.4. The maximum absolute atomic E-state index is 7.57. The second kappa shape index (κ2) is 2.18. The van der Waals surface area contributed by atoms with Crippen molar-refractivity contribution in [2.75, 3.05) is 11.9 Å². The highest BCUT2D eigenvalue weighted by Crippen LogP contribution is 2.18. The van der Waals surface area contributed by atoms with Gasteiger partial charge in [0.05, 0.1) is 1.37 Å². The molecule has 1 nitrogen and oxygen atoms in total. The van der Waals surface area contributed by atoms with Gasteiger partial charge in [-0.1, -0.05) is 30.3 Å². The van der Waals surface area contributed by atoms with Gasteiger partial charge < -0.3 is 5.32 Å². The molecule has 0 fully saturated rings. The molecule has 0 saturated carbocycles. The highest BCUT2D eigenvalue weighted by molar-refractivity contribution is 5.69. The monoisotopic (exact) mass is 132 g/mol. The lowest BCUT2D eigenvalue weighted by Gasteiger charge is -2.11. The van der Waals surface area contributed by atoms with Gasteiger partial charge in [-0.3, -0.25) is 0 Å². The van der Waals surface area contributed by atoms with Gasteiger partial charge in [0.1, 0.15) is 0 Å². The van der Waals surface area contributed by atoms with Crippen molar-refractivity contribution in [3.05, 3.63) is 35.9 Å². The standard InChI is InChI=1S/C9H9N/c1-2-6-9-8(4-1)5-3-7-10-9/h1-6,10H,7H2/i5D. The van der Waals surface area contributed by atoms with E-state index in [2.05, 4.69) is 5.32 Å². The van der Waals surface area contributed by atoms with E-state index in [1.807, 2.05) is 30.3 Å². The number of para-hydroxylation sites is 1. The summed E-state index contributed by atoms with van der Waals surface area (Å²) < 4.78 is 7.57. The summed E-state index contributed by atoms with van der Waals surface area (Å²) in [5.41, 5.74) is 2.07. The predicted octanol–water partition coefficient (Wildman–Crippen LogP) is 2.13. The molecule has 2 rings (SSSR count). The van der Waals surface area contributed by atoms with Crippen molar-refractivity contribution in [3.63, 3.8) is 0 Å². The molecule has 1 heterocycles. The van der Waals surface area contributed by atoms with E-state index in [0.29, 0.717) is 6.05 Å². The van der Waals surface area contributed by atoms with Crippen molar-refractivity contribution in [2.24, 2.45) is 0 Å². The number of benzene rings is 1. The van der Waals surface area contributed by atoms with Crippen LogP contribution in [-0.2, 0) is 0 Å². The molecule has 0 atom stereocenters. The molecule has 1 aromatic rings. The molecule has 0 spiro atoms. The van der Waals surface area contributed by atoms with Crippen molar-refractivity contribution in [3.8, 4) is 0 Å². The third-order valence-electron chi connectivity index (χ3n) is 1.58. The second-order valence-corrected chi connectivity index (χ2v) is 2.27. The summed E-state index contributed by atoms with van der Waals surface area (Å²) >= 11 is 0. The van der Waals surface area contributed by atoms with Gasteiger partial charge in [-0.25, -0.2) is 0 Å². The molecule has 50 valence electrons. The van der Waals surface area contributed by atoms with Crippen molar-refractivity contribution in [1.29, 1.82) is 0 Å². The molecule has 10 heavy (non-hydrogen) atoms. The lowest BCUT2D eigenvalue weighted by molar-refractivity contribution is 1.31. The highest BCUT2D eigenvalue weighted by atomic mass is 14.9. The van der Waals surface area contributed by atoms with Gasteiger partial charge in [0.15, 0.2) is 0 Å². The summed E-state index contributed by atoms with van der Waals surface area (Å²) in [5, 5.41) is 3.20. The zero-order valence-electron chi connectivity index (χ0n) is 6.59. The Bertz CT molecular complexity index is 304. The zero-order valence-corrected chi connectivity index (χ0v) is 5.59. The molecule has 1 aliphatic heterocycles. The van der Waals surface area contributed by atoms with E-state index in [1.54, 1.807) is 0 Å². The Balaban J connectivity index is 2.56. The van der Waals surface area contributed by atoms with E-state index in [9.17, 15) is 0 Å². The second-order valence-electron chi connectivity index (χ2n) is 2.27. The first kappa shape index (κ1) is 4.56. The molecule has 1 aromatic carbocycles. The van der Waals surface area contributed by atoms with E-state index in [0.717, 1.165) is 17.8 Å². The van der Waals surface area contributed by atoms with E-state index < -0.39 is 0 Å². The van der Waals surface area contributed by atoms with Crippen LogP contribution >= 0.6 is 0 Å². The maximum Gasteiger partial charge on any atom is 0.0627 e. The molecule has 1 heteroatoms. The van der Waals surface area contributed by atoms with Gasteiger partial charge in [0.2, 0.25) is 0 Å². The first-order valence-electron chi connectivity index (χ1n) is 3.88. The smallest absolute Gasteiger partial charge is 0.0627 e. The average molecular weight is 132 g/mol. The Morgan fingerprint density at radius 3 is 3.20 bits per heavy atom. The van der Waals surface area contributed by atoms with E-state index >= 15 is 0 Å². The number of rotatable bonds is 0. The van der Waals surface area contributed by atoms with Crippen LogP contribution in [0.4, 0.5) is 5.69 Å². The van der Waals surface area contributed by atoms with Crippen LogP contribution in [0.1, 0.15) is 6.93 Å². The number of hydrogen-bond donors (Lipinski definition) is 1. The topological polar surface area (TPSA) is 12.0 Å². The first-order valence-corrected chi connectivity index (χ1v) is 3.38. The fraction of sp³-hybridized carbons (Fsp3) is 0.111. The van der Waals surface area contributed by atoms with Crippen molar-refractivity contribution in [2.45, 2.75) is 0 Å². The lowest BCUT2D eigenvalue weighted by Crippen LogP contribution is -2.03. The van der Waals surface area contributed by atoms with Crippen LogP contribution in [0.5, 0.6) is 0 Å². The Morgan fingerprint density at radius 1 is 1.40 bits per heavy atom. The molecule has 0 unspecified atom stereocenters. The molecule has 0 aromatic heterocycles. The number of hydrogen-bond acceptors (Lipinski definition) is 1. The summed E-state index contributed by atoms with van der Waals surface area (Å²) in [6.45, 7) is 0.774. The minimum Gasteiger partial charge on any atom is -0.381 e. The number of fused-ring (bicyclic) bond motifs is 1. The Kier molecular flexibility index (Phi) is 0.992. The Labute approximate surface area is 61.8 Å². The van der Waals surface area contributed by atoms with Gasteiger partial charge in [-0.05, 0) is 11.6 Å².